The SMILES string of the molecule is Cc1nn(C)c(N2CCCC(C)CC2)c1CNC(C)(C)C. The topological polar surface area (TPSA) is 33.1 Å². The van der Waals surface area contributed by atoms with Gasteiger partial charge < -0.3 is 10.2 Å². The summed E-state index contributed by atoms with van der Waals surface area (Å²) < 4.78 is 2.07. The third kappa shape index (κ3) is 4.22. The van der Waals surface area contributed by atoms with E-state index in [-0.39, 0.29) is 5.54 Å². The van der Waals surface area contributed by atoms with Gasteiger partial charge in [0.15, 0.2) is 0 Å². The number of nitrogens with zero attached hydrogens (tertiary/aromatic N) is 3. The van der Waals surface area contributed by atoms with Crippen molar-refractivity contribution in [3.8, 4) is 0 Å². The molecule has 0 radical (unpaired) electrons. The van der Waals surface area contributed by atoms with Gasteiger partial charge in [0.25, 0.3) is 0 Å². The molecule has 120 valence electrons. The Morgan fingerprint density at radius 1 is 1.24 bits per heavy atom. The molecule has 1 aliphatic heterocycles. The molecule has 0 saturated carbocycles. The van der Waals surface area contributed by atoms with E-state index in [1.807, 2.05) is 0 Å². The highest BCUT2D eigenvalue weighted by Crippen LogP contribution is 2.27. The largest absolute Gasteiger partial charge is 0.357 e. The summed E-state index contributed by atoms with van der Waals surface area (Å²) in [4.78, 5) is 2.54. The van der Waals surface area contributed by atoms with E-state index in [9.17, 15) is 0 Å². The molecule has 21 heavy (non-hydrogen) atoms. The quantitative estimate of drug-likeness (QED) is 0.928. The number of hydrogen-bond donors (Lipinski definition) is 1. The monoisotopic (exact) mass is 292 g/mol. The second-order valence-electron chi connectivity index (χ2n) is 7.64. The van der Waals surface area contributed by atoms with Gasteiger partial charge in [-0.25, -0.2) is 0 Å². The van der Waals surface area contributed by atoms with E-state index in [1.165, 1.54) is 30.6 Å². The summed E-state index contributed by atoms with van der Waals surface area (Å²) in [6.45, 7) is 14.4. The standard InChI is InChI=1S/C17H32N4/c1-13-8-7-10-21(11-9-13)16-15(12-18-17(3,4)5)14(2)19-20(16)6/h13,18H,7-12H2,1-6H3. The first-order valence-electron chi connectivity index (χ1n) is 8.30. The molecule has 1 aliphatic rings. The Morgan fingerprint density at radius 3 is 2.62 bits per heavy atom. The van der Waals surface area contributed by atoms with E-state index in [2.05, 4.69) is 61.7 Å². The highest BCUT2D eigenvalue weighted by Gasteiger charge is 2.22. The maximum atomic E-state index is 4.67. The fourth-order valence-corrected chi connectivity index (χ4v) is 3.12. The second-order valence-corrected chi connectivity index (χ2v) is 7.64. The fourth-order valence-electron chi connectivity index (χ4n) is 3.12. The Morgan fingerprint density at radius 2 is 1.95 bits per heavy atom. The average Bonchev–Trinajstić information content (AvgIpc) is 2.52. The summed E-state index contributed by atoms with van der Waals surface area (Å²) >= 11 is 0. The van der Waals surface area contributed by atoms with Crippen LogP contribution in [0.15, 0.2) is 0 Å². The maximum Gasteiger partial charge on any atom is 0.131 e. The van der Waals surface area contributed by atoms with Crippen LogP contribution in [-0.2, 0) is 13.6 Å². The zero-order valence-corrected chi connectivity index (χ0v) is 14.7. The zero-order chi connectivity index (χ0) is 15.6. The predicted molar refractivity (Wildman–Crippen MR) is 89.8 cm³/mol. The Labute approximate surface area is 129 Å². The van der Waals surface area contributed by atoms with Crippen LogP contribution in [0, 0.1) is 12.8 Å². The highest BCUT2D eigenvalue weighted by atomic mass is 15.4. The van der Waals surface area contributed by atoms with E-state index in [1.54, 1.807) is 0 Å². The summed E-state index contributed by atoms with van der Waals surface area (Å²) in [5, 5.41) is 8.29. The number of anilines is 1. The lowest BCUT2D eigenvalue weighted by atomic mass is 10.0. The summed E-state index contributed by atoms with van der Waals surface area (Å²) in [6.07, 6.45) is 3.93. The predicted octanol–water partition coefficient (Wildman–Crippen LogP) is 3.24. The van der Waals surface area contributed by atoms with Crippen LogP contribution in [0.5, 0.6) is 0 Å². The maximum absolute atomic E-state index is 4.67. The molecule has 1 saturated heterocycles. The van der Waals surface area contributed by atoms with Crippen LogP contribution >= 0.6 is 0 Å². The molecule has 1 N–H and O–H groups in total. The van der Waals surface area contributed by atoms with Gasteiger partial charge in [-0.05, 0) is 52.9 Å². The summed E-state index contributed by atoms with van der Waals surface area (Å²) in [5.74, 6) is 2.17. The van der Waals surface area contributed by atoms with Crippen LogP contribution in [0.4, 0.5) is 5.82 Å². The molecule has 1 fully saturated rings. The Hall–Kier alpha value is -1.03. The number of hydrogen-bond acceptors (Lipinski definition) is 3. The first-order chi connectivity index (χ1) is 9.78. The van der Waals surface area contributed by atoms with Crippen LogP contribution in [0.1, 0.15) is 58.2 Å². The van der Waals surface area contributed by atoms with Crippen molar-refractivity contribution in [2.24, 2.45) is 13.0 Å². The van der Waals surface area contributed by atoms with Crippen LogP contribution in [0.25, 0.3) is 0 Å². The number of nitrogens with one attached hydrogen (secondary N) is 1. The zero-order valence-electron chi connectivity index (χ0n) is 14.7. The van der Waals surface area contributed by atoms with Crippen LogP contribution in [-0.4, -0.2) is 28.4 Å². The minimum atomic E-state index is 0.132. The first-order valence-corrected chi connectivity index (χ1v) is 8.30. The Bertz CT molecular complexity index is 470. The summed E-state index contributed by atoms with van der Waals surface area (Å²) in [6, 6.07) is 0. The second kappa shape index (κ2) is 6.39. The van der Waals surface area contributed by atoms with E-state index < -0.39 is 0 Å². The van der Waals surface area contributed by atoms with Gasteiger partial charge in [0.05, 0.1) is 5.69 Å². The van der Waals surface area contributed by atoms with E-state index in [4.69, 9.17) is 0 Å². The van der Waals surface area contributed by atoms with Crippen molar-refractivity contribution in [1.82, 2.24) is 15.1 Å². The van der Waals surface area contributed by atoms with Crippen molar-refractivity contribution in [3.63, 3.8) is 0 Å². The van der Waals surface area contributed by atoms with Crippen LogP contribution in [0.2, 0.25) is 0 Å². The lowest BCUT2D eigenvalue weighted by Gasteiger charge is -2.26. The van der Waals surface area contributed by atoms with E-state index in [0.29, 0.717) is 0 Å². The van der Waals surface area contributed by atoms with Gasteiger partial charge in [-0.15, -0.1) is 0 Å². The van der Waals surface area contributed by atoms with Crippen molar-refractivity contribution in [1.29, 1.82) is 0 Å². The van der Waals surface area contributed by atoms with Crippen molar-refractivity contribution < 1.29 is 0 Å². The van der Waals surface area contributed by atoms with Gasteiger partial charge in [0.1, 0.15) is 5.82 Å². The third-order valence-electron chi connectivity index (χ3n) is 4.42. The molecule has 2 rings (SSSR count). The Kier molecular flexibility index (Phi) is 4.97. The van der Waals surface area contributed by atoms with E-state index >= 15 is 0 Å². The molecule has 4 heteroatoms. The van der Waals surface area contributed by atoms with Gasteiger partial charge in [-0.3, -0.25) is 4.68 Å². The number of aromatic nitrogens is 2. The summed E-state index contributed by atoms with van der Waals surface area (Å²) in [5.41, 5.74) is 2.65. The van der Waals surface area contributed by atoms with Crippen molar-refractivity contribution in [2.45, 2.75) is 66.0 Å². The molecule has 1 aromatic heterocycles. The van der Waals surface area contributed by atoms with Crippen molar-refractivity contribution in [3.05, 3.63) is 11.3 Å². The molecular weight excluding hydrogens is 260 g/mol. The minimum Gasteiger partial charge on any atom is -0.357 e. The van der Waals surface area contributed by atoms with Crippen molar-refractivity contribution in [2.75, 3.05) is 18.0 Å². The molecule has 0 amide bonds. The lowest BCUT2D eigenvalue weighted by molar-refractivity contribution is 0.423. The van der Waals surface area contributed by atoms with Crippen LogP contribution in [0.3, 0.4) is 0 Å². The molecule has 0 bridgehead atoms. The molecule has 4 nitrogen and oxygen atoms in total. The third-order valence-corrected chi connectivity index (χ3v) is 4.42. The fraction of sp³-hybridized carbons (Fsp3) is 0.824. The normalized spacial score (nSPS) is 20.7. The molecular formula is C17H32N4. The highest BCUT2D eigenvalue weighted by molar-refractivity contribution is 5.50. The Balaban J connectivity index is 2.21. The van der Waals surface area contributed by atoms with Crippen molar-refractivity contribution >= 4 is 5.82 Å². The number of aryl methyl sites for hydroxylation is 2. The smallest absolute Gasteiger partial charge is 0.131 e. The first kappa shape index (κ1) is 16.3. The van der Waals surface area contributed by atoms with Gasteiger partial charge >= 0.3 is 0 Å². The lowest BCUT2D eigenvalue weighted by Crippen LogP contribution is -2.36. The molecule has 1 aromatic rings. The molecule has 0 aliphatic carbocycles. The summed E-state index contributed by atoms with van der Waals surface area (Å²) in [7, 11) is 2.08. The molecule has 1 atom stereocenters. The molecule has 2 heterocycles. The molecule has 0 aromatic carbocycles. The van der Waals surface area contributed by atoms with Gasteiger partial charge in [-0.1, -0.05) is 6.92 Å². The van der Waals surface area contributed by atoms with E-state index in [0.717, 1.165) is 31.2 Å². The number of rotatable bonds is 3. The molecule has 0 spiro atoms. The van der Waals surface area contributed by atoms with Gasteiger partial charge in [0, 0.05) is 37.8 Å². The van der Waals surface area contributed by atoms with Crippen LogP contribution < -0.4 is 10.2 Å². The van der Waals surface area contributed by atoms with Gasteiger partial charge in [-0.2, -0.15) is 5.10 Å². The molecule has 1 unspecified atom stereocenters. The average molecular weight is 292 g/mol. The van der Waals surface area contributed by atoms with Gasteiger partial charge in [0.2, 0.25) is 0 Å². The minimum absolute atomic E-state index is 0.132.